The topological polar surface area (TPSA) is 20.2 Å². The van der Waals surface area contributed by atoms with Crippen LogP contribution in [-0.2, 0) is 0 Å². The summed E-state index contributed by atoms with van der Waals surface area (Å²) in [5.41, 5.74) is 0. The van der Waals surface area contributed by atoms with E-state index in [1.165, 1.54) is 0 Å². The maximum Gasteiger partial charge on any atom is 0.101 e. The monoisotopic (exact) mass is 141 g/mol. The standard InChI is InChI=1S/C5H14NO.ClH/c1-6(2,3)4-5-7;/h7H,4-5H2,1-3H3;1H/q+1;/p-1/i4+1,5+1;. The first-order valence-corrected chi connectivity index (χ1v) is 2.47. The van der Waals surface area contributed by atoms with Gasteiger partial charge in [0.25, 0.3) is 0 Å². The summed E-state index contributed by atoms with van der Waals surface area (Å²) in [5, 5.41) is 8.39. The van der Waals surface area contributed by atoms with Crippen LogP contribution in [0.15, 0.2) is 0 Å². The van der Waals surface area contributed by atoms with E-state index < -0.39 is 0 Å². The van der Waals surface area contributed by atoms with Crippen LogP contribution in [-0.4, -0.2) is 43.9 Å². The van der Waals surface area contributed by atoms with Crippen molar-refractivity contribution in [1.82, 2.24) is 0 Å². The molecule has 0 aliphatic heterocycles. The minimum absolute atomic E-state index is 0. The molecule has 0 aromatic rings. The largest absolute Gasteiger partial charge is 1.00 e. The molecule has 0 aromatic heterocycles. The van der Waals surface area contributed by atoms with Gasteiger partial charge in [0.15, 0.2) is 0 Å². The Labute approximate surface area is 57.1 Å². The van der Waals surface area contributed by atoms with Gasteiger partial charge in [-0.1, -0.05) is 0 Å². The predicted octanol–water partition coefficient (Wildman–Crippen LogP) is -3.31. The second-order valence-electron chi connectivity index (χ2n) is 2.74. The maximum absolute atomic E-state index is 8.39. The number of hydrogen-bond acceptors (Lipinski definition) is 1. The van der Waals surface area contributed by atoms with Crippen LogP contribution < -0.4 is 12.4 Å². The highest BCUT2D eigenvalue weighted by Crippen LogP contribution is 1.84. The van der Waals surface area contributed by atoms with E-state index in [0.717, 1.165) is 11.0 Å². The summed E-state index contributed by atoms with van der Waals surface area (Å²) in [6.07, 6.45) is 0. The number of aliphatic hydroxyl groups excluding tert-OH is 1. The van der Waals surface area contributed by atoms with E-state index in [0.29, 0.717) is 0 Å². The lowest BCUT2D eigenvalue weighted by Gasteiger charge is -2.21. The van der Waals surface area contributed by atoms with Crippen LogP contribution in [0.3, 0.4) is 0 Å². The van der Waals surface area contributed by atoms with E-state index in [4.69, 9.17) is 5.11 Å². The Hall–Kier alpha value is 0.210. The molecule has 0 fully saturated rings. The summed E-state index contributed by atoms with van der Waals surface area (Å²) < 4.78 is 0.844. The quantitative estimate of drug-likeness (QED) is 0.316. The van der Waals surface area contributed by atoms with E-state index in [1.54, 1.807) is 0 Å². The molecule has 0 saturated heterocycles. The van der Waals surface area contributed by atoms with Crippen LogP contribution in [0.1, 0.15) is 0 Å². The fourth-order valence-corrected chi connectivity index (χ4v) is 0.300. The smallest absolute Gasteiger partial charge is 0.101 e. The molecule has 0 unspecified atom stereocenters. The average Bonchev–Trinajstić information content (AvgIpc) is 1.30. The third-order valence-corrected chi connectivity index (χ3v) is 0.771. The summed E-state index contributed by atoms with van der Waals surface area (Å²) in [6.45, 7) is 1.11. The van der Waals surface area contributed by atoms with Gasteiger partial charge in [0.2, 0.25) is 0 Å². The van der Waals surface area contributed by atoms with E-state index in [2.05, 4.69) is 21.1 Å². The fraction of sp³-hybridized carbons (Fsp3) is 1.00. The lowest BCUT2D eigenvalue weighted by molar-refractivity contribution is -0.870. The van der Waals surface area contributed by atoms with E-state index in [1.807, 2.05) is 0 Å². The first-order chi connectivity index (χ1) is 3.06. The first kappa shape index (κ1) is 11.1. The summed E-state index contributed by atoms with van der Waals surface area (Å²) in [5.74, 6) is 0. The molecule has 1 N–H and O–H groups in total. The van der Waals surface area contributed by atoms with Crippen molar-refractivity contribution in [2.75, 3.05) is 34.3 Å². The molecular formula is C5H14ClNO. The van der Waals surface area contributed by atoms with Gasteiger partial charge in [-0.15, -0.1) is 0 Å². The van der Waals surface area contributed by atoms with Gasteiger partial charge in [-0.2, -0.15) is 0 Å². The molecule has 0 rings (SSSR count). The van der Waals surface area contributed by atoms with Gasteiger partial charge < -0.3 is 22.0 Å². The molecular weight excluding hydrogens is 127 g/mol. The van der Waals surface area contributed by atoms with E-state index in [-0.39, 0.29) is 19.0 Å². The van der Waals surface area contributed by atoms with Crippen molar-refractivity contribution in [2.45, 2.75) is 0 Å². The third-order valence-electron chi connectivity index (χ3n) is 0.771. The molecule has 0 saturated carbocycles. The average molecular weight is 142 g/mol. The van der Waals surface area contributed by atoms with Crippen LogP contribution >= 0.6 is 0 Å². The Bertz CT molecular complexity index is 50.9. The third kappa shape index (κ3) is 9.51. The van der Waals surface area contributed by atoms with Crippen LogP contribution in [0.4, 0.5) is 0 Å². The van der Waals surface area contributed by atoms with Gasteiger partial charge in [0.1, 0.15) is 6.54 Å². The molecule has 0 atom stereocenters. The Morgan fingerprint density at radius 3 is 1.62 bits per heavy atom. The van der Waals surface area contributed by atoms with Crippen LogP contribution in [0.5, 0.6) is 0 Å². The number of nitrogens with zero attached hydrogens (tertiary/aromatic N) is 1. The molecule has 3 heteroatoms. The predicted molar refractivity (Wildman–Crippen MR) is 30.0 cm³/mol. The normalized spacial score (nSPS) is 10.5. The first-order valence-electron chi connectivity index (χ1n) is 2.47. The number of aliphatic hydroxyl groups is 1. The number of likely N-dealkylation sites (N-methyl/N-ethyl adjacent to an activating group) is 1. The molecule has 52 valence electrons. The second-order valence-corrected chi connectivity index (χ2v) is 2.74. The molecule has 0 aliphatic carbocycles. The van der Waals surface area contributed by atoms with Gasteiger partial charge in [-0.25, -0.2) is 0 Å². The van der Waals surface area contributed by atoms with Gasteiger partial charge in [-0.3, -0.25) is 0 Å². The molecule has 0 radical (unpaired) electrons. The number of quaternary nitrogens is 1. The number of halogens is 1. The Balaban J connectivity index is 0. The SMILES string of the molecule is C[N+](C)(C)[13CH2][13CH2]O.[Cl-]. The van der Waals surface area contributed by atoms with Gasteiger partial charge >= 0.3 is 0 Å². The van der Waals surface area contributed by atoms with Crippen LogP contribution in [0.2, 0.25) is 0 Å². The molecule has 0 heterocycles. The van der Waals surface area contributed by atoms with Crippen LogP contribution in [0.25, 0.3) is 0 Å². The summed E-state index contributed by atoms with van der Waals surface area (Å²) in [6, 6.07) is 0. The lowest BCUT2D eigenvalue weighted by atomic mass is 10.8. The van der Waals surface area contributed by atoms with E-state index in [9.17, 15) is 0 Å². The summed E-state index contributed by atoms with van der Waals surface area (Å²) in [7, 11) is 6.16. The highest BCUT2D eigenvalue weighted by Gasteiger charge is 2.02. The Kier molecular flexibility index (Phi) is 5.71. The van der Waals surface area contributed by atoms with Gasteiger partial charge in [0, 0.05) is 0 Å². The number of hydrogen-bond donors (Lipinski definition) is 1. The molecule has 2 nitrogen and oxygen atoms in total. The number of rotatable bonds is 2. The fourth-order valence-electron chi connectivity index (χ4n) is 0.300. The zero-order chi connectivity index (χ0) is 5.91. The molecule has 0 spiro atoms. The highest BCUT2D eigenvalue weighted by atomic mass is 35.5. The van der Waals surface area contributed by atoms with Crippen molar-refractivity contribution < 1.29 is 22.0 Å². The van der Waals surface area contributed by atoms with Crippen molar-refractivity contribution in [3.63, 3.8) is 0 Å². The van der Waals surface area contributed by atoms with Crippen LogP contribution in [0, 0.1) is 0 Å². The highest BCUT2D eigenvalue weighted by molar-refractivity contribution is 4.19. The maximum atomic E-state index is 8.39. The zero-order valence-corrected chi connectivity index (χ0v) is 6.44. The minimum atomic E-state index is 0. The van der Waals surface area contributed by atoms with Gasteiger partial charge in [0.05, 0.1) is 27.7 Å². The Morgan fingerprint density at radius 2 is 1.62 bits per heavy atom. The van der Waals surface area contributed by atoms with Crippen molar-refractivity contribution in [1.29, 1.82) is 0 Å². The minimum Gasteiger partial charge on any atom is -1.00 e. The van der Waals surface area contributed by atoms with Gasteiger partial charge in [-0.05, 0) is 0 Å². The molecule has 0 amide bonds. The summed E-state index contributed by atoms with van der Waals surface area (Å²) >= 11 is 0. The lowest BCUT2D eigenvalue weighted by Crippen LogP contribution is -3.00. The molecule has 8 heavy (non-hydrogen) atoms. The molecule has 0 aliphatic rings. The Morgan fingerprint density at radius 1 is 1.25 bits per heavy atom. The summed E-state index contributed by atoms with van der Waals surface area (Å²) in [4.78, 5) is 0. The van der Waals surface area contributed by atoms with Crippen molar-refractivity contribution in [3.8, 4) is 0 Å². The second kappa shape index (κ2) is 4.13. The molecule has 0 aromatic carbocycles. The van der Waals surface area contributed by atoms with E-state index >= 15 is 0 Å². The zero-order valence-electron chi connectivity index (χ0n) is 5.69. The van der Waals surface area contributed by atoms with Crippen molar-refractivity contribution in [3.05, 3.63) is 0 Å². The van der Waals surface area contributed by atoms with Crippen molar-refractivity contribution in [2.24, 2.45) is 0 Å². The van der Waals surface area contributed by atoms with Crippen molar-refractivity contribution >= 4 is 0 Å². The molecule has 0 bridgehead atoms.